The number of hydrogen-bond donors (Lipinski definition) is 1. The molecule has 0 aromatic heterocycles. The van der Waals surface area contributed by atoms with E-state index in [0.717, 1.165) is 10.0 Å². The molecule has 5 nitrogen and oxygen atoms in total. The lowest BCUT2D eigenvalue weighted by Gasteiger charge is -2.27. The zero-order valence-electron chi connectivity index (χ0n) is 14.2. The molecule has 136 valence electrons. The standard InChI is InChI=1S/C19H18BrClN2O3/c1-12-14(19(25)23-7-9-26-10-8-23)3-2-4-17(12)22-18(24)15-11-13(20)5-6-16(15)21/h2-6,11H,7-10H2,1H3,(H,22,24). The summed E-state index contributed by atoms with van der Waals surface area (Å²) < 4.78 is 6.06. The van der Waals surface area contributed by atoms with E-state index in [-0.39, 0.29) is 11.8 Å². The number of hydrogen-bond acceptors (Lipinski definition) is 3. The van der Waals surface area contributed by atoms with Gasteiger partial charge in [0.2, 0.25) is 0 Å². The van der Waals surface area contributed by atoms with Crippen LogP contribution in [0.5, 0.6) is 0 Å². The van der Waals surface area contributed by atoms with E-state index in [1.807, 2.05) is 6.92 Å². The normalized spacial score (nSPS) is 14.2. The summed E-state index contributed by atoms with van der Waals surface area (Å²) in [4.78, 5) is 27.1. The monoisotopic (exact) mass is 436 g/mol. The molecule has 1 saturated heterocycles. The number of halogens is 2. The number of carbonyl (C=O) groups excluding carboxylic acids is 2. The molecule has 3 rings (SSSR count). The number of anilines is 1. The van der Waals surface area contributed by atoms with E-state index in [2.05, 4.69) is 21.2 Å². The van der Waals surface area contributed by atoms with Crippen LogP contribution in [0, 0.1) is 6.92 Å². The lowest BCUT2D eigenvalue weighted by molar-refractivity contribution is 0.0302. The molecule has 0 spiro atoms. The fraction of sp³-hybridized carbons (Fsp3) is 0.263. The summed E-state index contributed by atoms with van der Waals surface area (Å²) in [6.45, 7) is 4.06. The van der Waals surface area contributed by atoms with Crippen molar-refractivity contribution in [2.45, 2.75) is 6.92 Å². The van der Waals surface area contributed by atoms with Crippen molar-refractivity contribution < 1.29 is 14.3 Å². The maximum Gasteiger partial charge on any atom is 0.257 e. The molecule has 7 heteroatoms. The van der Waals surface area contributed by atoms with Crippen LogP contribution in [0.15, 0.2) is 40.9 Å². The van der Waals surface area contributed by atoms with Gasteiger partial charge < -0.3 is 15.0 Å². The van der Waals surface area contributed by atoms with Gasteiger partial charge in [-0.25, -0.2) is 0 Å². The Morgan fingerprint density at radius 3 is 2.62 bits per heavy atom. The average Bonchev–Trinajstić information content (AvgIpc) is 2.65. The molecule has 2 aromatic rings. The van der Waals surface area contributed by atoms with E-state index in [9.17, 15) is 9.59 Å². The molecule has 1 aliphatic heterocycles. The number of nitrogens with one attached hydrogen (secondary N) is 1. The molecule has 1 N–H and O–H groups in total. The summed E-state index contributed by atoms with van der Waals surface area (Å²) in [5.41, 5.74) is 2.25. The maximum absolute atomic E-state index is 12.8. The molecule has 26 heavy (non-hydrogen) atoms. The molecule has 2 amide bonds. The first kappa shape index (κ1) is 18.9. The van der Waals surface area contributed by atoms with Gasteiger partial charge in [-0.3, -0.25) is 9.59 Å². The molecule has 0 unspecified atom stereocenters. The fourth-order valence-electron chi connectivity index (χ4n) is 2.80. The Hall–Kier alpha value is -1.89. The Balaban J connectivity index is 1.84. The second-order valence-corrected chi connectivity index (χ2v) is 7.28. The van der Waals surface area contributed by atoms with Gasteiger partial charge >= 0.3 is 0 Å². The highest BCUT2D eigenvalue weighted by atomic mass is 79.9. The van der Waals surface area contributed by atoms with Gasteiger partial charge in [0, 0.05) is 28.8 Å². The molecule has 0 aliphatic carbocycles. The van der Waals surface area contributed by atoms with Crippen LogP contribution in [-0.4, -0.2) is 43.0 Å². The van der Waals surface area contributed by atoms with Crippen molar-refractivity contribution in [2.75, 3.05) is 31.6 Å². The lowest BCUT2D eigenvalue weighted by Crippen LogP contribution is -2.41. The Bertz CT molecular complexity index is 851. The van der Waals surface area contributed by atoms with Gasteiger partial charge in [0.05, 0.1) is 23.8 Å². The molecular weight excluding hydrogens is 420 g/mol. The highest BCUT2D eigenvalue weighted by molar-refractivity contribution is 9.10. The molecule has 1 fully saturated rings. The largest absolute Gasteiger partial charge is 0.378 e. The quantitative estimate of drug-likeness (QED) is 0.785. The molecular formula is C19H18BrClN2O3. The third-order valence-electron chi connectivity index (χ3n) is 4.28. The van der Waals surface area contributed by atoms with Crippen LogP contribution in [0.25, 0.3) is 0 Å². The SMILES string of the molecule is Cc1c(NC(=O)c2cc(Br)ccc2Cl)cccc1C(=O)N1CCOCC1. The predicted molar refractivity (Wildman–Crippen MR) is 105 cm³/mol. The summed E-state index contributed by atoms with van der Waals surface area (Å²) in [6, 6.07) is 10.4. The van der Waals surface area contributed by atoms with E-state index in [0.29, 0.717) is 48.1 Å². The minimum absolute atomic E-state index is 0.0533. The Kier molecular flexibility index (Phi) is 5.96. The summed E-state index contributed by atoms with van der Waals surface area (Å²) in [5.74, 6) is -0.377. The van der Waals surface area contributed by atoms with Crippen LogP contribution in [0.3, 0.4) is 0 Å². The van der Waals surface area contributed by atoms with Crippen LogP contribution < -0.4 is 5.32 Å². The number of morpholine rings is 1. The predicted octanol–water partition coefficient (Wildman–Crippen LogP) is 4.14. The highest BCUT2D eigenvalue weighted by Gasteiger charge is 2.21. The van der Waals surface area contributed by atoms with E-state index < -0.39 is 0 Å². The van der Waals surface area contributed by atoms with Gasteiger partial charge in [-0.2, -0.15) is 0 Å². The Labute approximate surface area is 165 Å². The van der Waals surface area contributed by atoms with Crippen LogP contribution in [0.1, 0.15) is 26.3 Å². The number of rotatable bonds is 3. The van der Waals surface area contributed by atoms with Gasteiger partial charge in [-0.15, -0.1) is 0 Å². The number of carbonyl (C=O) groups is 2. The van der Waals surface area contributed by atoms with E-state index >= 15 is 0 Å². The summed E-state index contributed by atoms with van der Waals surface area (Å²) in [6.07, 6.45) is 0. The Morgan fingerprint density at radius 2 is 1.88 bits per heavy atom. The molecule has 2 aromatic carbocycles. The number of benzene rings is 2. The van der Waals surface area contributed by atoms with Crippen molar-refractivity contribution in [1.29, 1.82) is 0 Å². The molecule has 0 atom stereocenters. The Morgan fingerprint density at radius 1 is 1.15 bits per heavy atom. The molecule has 1 heterocycles. The van der Waals surface area contributed by atoms with E-state index in [1.54, 1.807) is 41.3 Å². The highest BCUT2D eigenvalue weighted by Crippen LogP contribution is 2.25. The summed E-state index contributed by atoms with van der Waals surface area (Å²) in [5, 5.41) is 3.22. The zero-order chi connectivity index (χ0) is 18.7. The summed E-state index contributed by atoms with van der Waals surface area (Å²) >= 11 is 9.47. The second kappa shape index (κ2) is 8.20. The molecule has 0 bridgehead atoms. The van der Waals surface area contributed by atoms with Crippen molar-refractivity contribution in [3.63, 3.8) is 0 Å². The number of ether oxygens (including phenoxy) is 1. The van der Waals surface area contributed by atoms with Crippen LogP contribution in [0.4, 0.5) is 5.69 Å². The van der Waals surface area contributed by atoms with Crippen LogP contribution in [-0.2, 0) is 4.74 Å². The van der Waals surface area contributed by atoms with Gasteiger partial charge in [0.25, 0.3) is 11.8 Å². The third-order valence-corrected chi connectivity index (χ3v) is 5.11. The average molecular weight is 438 g/mol. The van der Waals surface area contributed by atoms with Gasteiger partial charge in [-0.05, 0) is 42.8 Å². The van der Waals surface area contributed by atoms with Gasteiger partial charge in [-0.1, -0.05) is 33.6 Å². The second-order valence-electron chi connectivity index (χ2n) is 5.96. The van der Waals surface area contributed by atoms with Crippen molar-refractivity contribution in [1.82, 2.24) is 4.90 Å². The fourth-order valence-corrected chi connectivity index (χ4v) is 3.37. The van der Waals surface area contributed by atoms with Gasteiger partial charge in [0.1, 0.15) is 0 Å². The van der Waals surface area contributed by atoms with Crippen molar-refractivity contribution in [3.05, 3.63) is 62.6 Å². The molecule has 1 aliphatic rings. The van der Waals surface area contributed by atoms with Crippen LogP contribution in [0.2, 0.25) is 5.02 Å². The van der Waals surface area contributed by atoms with Crippen molar-refractivity contribution in [2.24, 2.45) is 0 Å². The van der Waals surface area contributed by atoms with E-state index in [1.165, 1.54) is 0 Å². The maximum atomic E-state index is 12.8. The minimum atomic E-state index is -0.324. The topological polar surface area (TPSA) is 58.6 Å². The first-order valence-electron chi connectivity index (χ1n) is 8.20. The smallest absolute Gasteiger partial charge is 0.257 e. The first-order chi connectivity index (χ1) is 12.5. The van der Waals surface area contributed by atoms with Crippen molar-refractivity contribution >= 4 is 45.0 Å². The van der Waals surface area contributed by atoms with Gasteiger partial charge in [0.15, 0.2) is 0 Å². The molecule has 0 radical (unpaired) electrons. The van der Waals surface area contributed by atoms with Crippen LogP contribution >= 0.6 is 27.5 Å². The summed E-state index contributed by atoms with van der Waals surface area (Å²) in [7, 11) is 0. The number of nitrogens with zero attached hydrogens (tertiary/aromatic N) is 1. The van der Waals surface area contributed by atoms with E-state index in [4.69, 9.17) is 16.3 Å². The van der Waals surface area contributed by atoms with Crippen molar-refractivity contribution in [3.8, 4) is 0 Å². The lowest BCUT2D eigenvalue weighted by atomic mass is 10.0. The third kappa shape index (κ3) is 4.09. The zero-order valence-corrected chi connectivity index (χ0v) is 16.6. The first-order valence-corrected chi connectivity index (χ1v) is 9.37. The number of amides is 2. The minimum Gasteiger partial charge on any atom is -0.378 e. The molecule has 0 saturated carbocycles.